The molecule has 28 heavy (non-hydrogen) atoms. The fraction of sp³-hybridized carbons (Fsp3) is 0.211. The van der Waals surface area contributed by atoms with Crippen molar-refractivity contribution in [3.05, 3.63) is 59.7 Å². The third kappa shape index (κ3) is 5.24. The van der Waals surface area contributed by atoms with Crippen molar-refractivity contribution >= 4 is 33.4 Å². The molecule has 0 bridgehead atoms. The summed E-state index contributed by atoms with van der Waals surface area (Å²) in [4.78, 5) is 35.6. The summed E-state index contributed by atoms with van der Waals surface area (Å²) in [7, 11) is -2.45. The van der Waals surface area contributed by atoms with Gasteiger partial charge in [-0.2, -0.15) is 0 Å². The lowest BCUT2D eigenvalue weighted by atomic mass is 10.1. The van der Waals surface area contributed by atoms with E-state index in [9.17, 15) is 22.8 Å². The number of carbonyl (C=O) groups excluding carboxylic acids is 3. The van der Waals surface area contributed by atoms with E-state index in [2.05, 4.69) is 10.0 Å². The van der Waals surface area contributed by atoms with Gasteiger partial charge < -0.3 is 10.1 Å². The molecule has 0 unspecified atom stereocenters. The molecule has 148 valence electrons. The van der Waals surface area contributed by atoms with Crippen LogP contribution in [0.1, 0.15) is 34.6 Å². The van der Waals surface area contributed by atoms with Gasteiger partial charge in [0.2, 0.25) is 10.0 Å². The molecule has 1 amide bonds. The van der Waals surface area contributed by atoms with Gasteiger partial charge >= 0.3 is 5.97 Å². The first-order chi connectivity index (χ1) is 13.1. The minimum absolute atomic E-state index is 0.00165. The highest BCUT2D eigenvalue weighted by molar-refractivity contribution is 7.89. The third-order valence-corrected chi connectivity index (χ3v) is 5.27. The first-order valence-corrected chi connectivity index (χ1v) is 9.79. The second-order valence-electron chi connectivity index (χ2n) is 5.91. The first kappa shape index (κ1) is 21.3. The van der Waals surface area contributed by atoms with Gasteiger partial charge in [-0.05, 0) is 63.4 Å². The van der Waals surface area contributed by atoms with Crippen molar-refractivity contribution in [2.45, 2.75) is 24.8 Å². The summed E-state index contributed by atoms with van der Waals surface area (Å²) in [6.07, 6.45) is -1.12. The van der Waals surface area contributed by atoms with Gasteiger partial charge in [-0.15, -0.1) is 0 Å². The van der Waals surface area contributed by atoms with Crippen molar-refractivity contribution in [1.82, 2.24) is 4.72 Å². The number of rotatable bonds is 7. The molecular formula is C19H20N2O6S. The average molecular weight is 404 g/mol. The van der Waals surface area contributed by atoms with E-state index in [1.54, 1.807) is 24.3 Å². The summed E-state index contributed by atoms with van der Waals surface area (Å²) in [6.45, 7) is 2.83. The molecule has 0 aromatic heterocycles. The number of hydrogen-bond acceptors (Lipinski definition) is 6. The summed E-state index contributed by atoms with van der Waals surface area (Å²) in [6, 6.07) is 11.6. The normalized spacial score (nSPS) is 12.1. The molecule has 2 rings (SSSR count). The maximum Gasteiger partial charge on any atom is 0.338 e. The van der Waals surface area contributed by atoms with Crippen molar-refractivity contribution in [2.75, 3.05) is 12.4 Å². The topological polar surface area (TPSA) is 119 Å². The number of anilines is 1. The summed E-state index contributed by atoms with van der Waals surface area (Å²) in [5.74, 6) is -1.49. The highest BCUT2D eigenvalue weighted by atomic mass is 32.2. The van der Waals surface area contributed by atoms with Gasteiger partial charge in [0.25, 0.3) is 5.91 Å². The van der Waals surface area contributed by atoms with Crippen molar-refractivity contribution in [3.8, 4) is 0 Å². The Bertz CT molecular complexity index is 999. The zero-order chi connectivity index (χ0) is 20.9. The highest BCUT2D eigenvalue weighted by Crippen LogP contribution is 2.14. The predicted molar refractivity (Wildman–Crippen MR) is 103 cm³/mol. The lowest BCUT2D eigenvalue weighted by molar-refractivity contribution is -0.123. The zero-order valence-electron chi connectivity index (χ0n) is 15.6. The number of nitrogens with one attached hydrogen (secondary N) is 2. The molecule has 0 spiro atoms. The quantitative estimate of drug-likeness (QED) is 0.538. The molecule has 2 aromatic rings. The number of esters is 1. The Morgan fingerprint density at radius 3 is 2.21 bits per heavy atom. The number of amides is 1. The molecule has 0 aliphatic rings. The number of benzene rings is 2. The van der Waals surface area contributed by atoms with Crippen LogP contribution in [0.25, 0.3) is 0 Å². The lowest BCUT2D eigenvalue weighted by Gasteiger charge is -2.14. The van der Waals surface area contributed by atoms with Gasteiger partial charge in [-0.25, -0.2) is 17.9 Å². The molecule has 1 atom stereocenters. The summed E-state index contributed by atoms with van der Waals surface area (Å²) in [5.41, 5.74) is 0.954. The third-order valence-electron chi connectivity index (χ3n) is 3.86. The molecule has 0 aliphatic carbocycles. The van der Waals surface area contributed by atoms with Crippen LogP contribution in [0.2, 0.25) is 0 Å². The largest absolute Gasteiger partial charge is 0.449 e. The molecule has 0 aliphatic heterocycles. The fourth-order valence-corrected chi connectivity index (χ4v) is 3.00. The first-order valence-electron chi connectivity index (χ1n) is 8.30. The molecule has 2 N–H and O–H groups in total. The van der Waals surface area contributed by atoms with Gasteiger partial charge in [-0.1, -0.05) is 6.07 Å². The van der Waals surface area contributed by atoms with Crippen molar-refractivity contribution < 1.29 is 27.5 Å². The smallest absolute Gasteiger partial charge is 0.338 e. The van der Waals surface area contributed by atoms with Crippen molar-refractivity contribution in [1.29, 1.82) is 0 Å². The van der Waals surface area contributed by atoms with Crippen LogP contribution in [0.5, 0.6) is 0 Å². The van der Waals surface area contributed by atoms with Gasteiger partial charge in [-0.3, -0.25) is 9.59 Å². The Morgan fingerprint density at radius 1 is 1.00 bits per heavy atom. The Hall–Kier alpha value is -3.04. The Labute approximate surface area is 163 Å². The van der Waals surface area contributed by atoms with E-state index in [4.69, 9.17) is 4.74 Å². The standard InChI is InChI=1S/C19H20N2O6S/c1-12(22)14-7-9-16(10-8-14)21-18(23)13(2)27-19(24)15-5-4-6-17(11-15)28(25,26)20-3/h4-11,13,20H,1-3H3,(H,21,23)/t13-/m0/s1. The zero-order valence-corrected chi connectivity index (χ0v) is 16.4. The summed E-state index contributed by atoms with van der Waals surface area (Å²) >= 11 is 0. The molecule has 0 radical (unpaired) electrons. The summed E-state index contributed by atoms with van der Waals surface area (Å²) in [5, 5.41) is 2.58. The molecule has 8 nitrogen and oxygen atoms in total. The molecule has 0 fully saturated rings. The lowest BCUT2D eigenvalue weighted by Crippen LogP contribution is -2.30. The van der Waals surface area contributed by atoms with E-state index in [1.807, 2.05) is 0 Å². The number of ether oxygens (including phenoxy) is 1. The molecule has 0 saturated carbocycles. The monoisotopic (exact) mass is 404 g/mol. The van der Waals surface area contributed by atoms with E-state index < -0.39 is 28.0 Å². The second kappa shape index (κ2) is 8.77. The van der Waals surface area contributed by atoms with Crippen LogP contribution in [-0.4, -0.2) is 39.2 Å². The summed E-state index contributed by atoms with van der Waals surface area (Å²) < 4.78 is 30.9. The minimum Gasteiger partial charge on any atom is -0.449 e. The second-order valence-corrected chi connectivity index (χ2v) is 7.79. The fourth-order valence-electron chi connectivity index (χ4n) is 2.22. The van der Waals surface area contributed by atoms with Gasteiger partial charge in [0.1, 0.15) is 0 Å². The number of ketones is 1. The van der Waals surface area contributed by atoms with Crippen LogP contribution < -0.4 is 10.0 Å². The minimum atomic E-state index is -3.71. The van der Waals surface area contributed by atoms with Gasteiger partial charge in [0.15, 0.2) is 11.9 Å². The predicted octanol–water partition coefficient (Wildman–Crippen LogP) is 1.98. The van der Waals surface area contributed by atoms with E-state index >= 15 is 0 Å². The Kier molecular flexibility index (Phi) is 6.66. The van der Waals surface area contributed by atoms with E-state index in [0.717, 1.165) is 0 Å². The van der Waals surface area contributed by atoms with Crippen LogP contribution in [-0.2, 0) is 19.6 Å². The van der Waals surface area contributed by atoms with Crippen LogP contribution in [0.4, 0.5) is 5.69 Å². The number of hydrogen-bond donors (Lipinski definition) is 2. The number of Topliss-reactive ketones (excluding diaryl/α,β-unsaturated/α-hetero) is 1. The Morgan fingerprint density at radius 2 is 1.64 bits per heavy atom. The maximum atomic E-state index is 12.2. The Balaban J connectivity index is 2.04. The SMILES string of the molecule is CNS(=O)(=O)c1cccc(C(=O)O[C@@H](C)C(=O)Nc2ccc(C(C)=O)cc2)c1. The molecular weight excluding hydrogens is 384 g/mol. The van der Waals surface area contributed by atoms with Crippen LogP contribution in [0, 0.1) is 0 Å². The number of carbonyl (C=O) groups is 3. The molecule has 0 saturated heterocycles. The van der Waals surface area contributed by atoms with Crippen molar-refractivity contribution in [3.63, 3.8) is 0 Å². The molecule has 9 heteroatoms. The molecule has 0 heterocycles. The highest BCUT2D eigenvalue weighted by Gasteiger charge is 2.21. The van der Waals surface area contributed by atoms with Crippen molar-refractivity contribution in [2.24, 2.45) is 0 Å². The average Bonchev–Trinajstić information content (AvgIpc) is 2.68. The van der Waals surface area contributed by atoms with E-state index in [-0.39, 0.29) is 16.2 Å². The van der Waals surface area contributed by atoms with E-state index in [1.165, 1.54) is 45.2 Å². The van der Waals surface area contributed by atoms with Gasteiger partial charge in [0.05, 0.1) is 10.5 Å². The molecule has 2 aromatic carbocycles. The van der Waals surface area contributed by atoms with Crippen LogP contribution >= 0.6 is 0 Å². The van der Waals surface area contributed by atoms with Crippen LogP contribution in [0.15, 0.2) is 53.4 Å². The van der Waals surface area contributed by atoms with E-state index in [0.29, 0.717) is 11.3 Å². The van der Waals surface area contributed by atoms with Crippen LogP contribution in [0.3, 0.4) is 0 Å². The maximum absolute atomic E-state index is 12.2. The number of sulfonamides is 1. The van der Waals surface area contributed by atoms with Gasteiger partial charge in [0, 0.05) is 11.3 Å².